The van der Waals surface area contributed by atoms with Gasteiger partial charge in [-0.1, -0.05) is 37.3 Å². The molecule has 1 saturated heterocycles. The number of benzene rings is 1. The summed E-state index contributed by atoms with van der Waals surface area (Å²) in [6.07, 6.45) is 1.69. The normalized spacial score (nSPS) is 23.4. The highest BCUT2D eigenvalue weighted by Gasteiger charge is 2.25. The maximum absolute atomic E-state index is 10.4. The molecule has 1 aromatic rings. The fourth-order valence-corrected chi connectivity index (χ4v) is 2.98. The number of rotatable bonds is 6. The van der Waals surface area contributed by atoms with E-state index in [0.717, 1.165) is 31.6 Å². The molecule has 0 aliphatic carbocycles. The molecular formula is C16H25NO2. The van der Waals surface area contributed by atoms with Crippen molar-refractivity contribution in [2.24, 2.45) is 11.8 Å². The van der Waals surface area contributed by atoms with Crippen LogP contribution in [0, 0.1) is 11.8 Å². The van der Waals surface area contributed by atoms with Crippen molar-refractivity contribution < 1.29 is 10.2 Å². The van der Waals surface area contributed by atoms with Crippen LogP contribution >= 0.6 is 0 Å². The van der Waals surface area contributed by atoms with Gasteiger partial charge in [-0.15, -0.1) is 0 Å². The zero-order valence-electron chi connectivity index (χ0n) is 11.7. The monoisotopic (exact) mass is 263 g/mol. The Bertz CT molecular complexity index is 368. The Kier molecular flexibility index (Phi) is 5.37. The molecule has 2 rings (SSSR count). The van der Waals surface area contributed by atoms with Gasteiger partial charge in [0.2, 0.25) is 0 Å². The molecule has 0 aromatic heterocycles. The van der Waals surface area contributed by atoms with Crippen molar-refractivity contribution in [3.8, 4) is 0 Å². The summed E-state index contributed by atoms with van der Waals surface area (Å²) in [6.45, 7) is 5.48. The van der Waals surface area contributed by atoms with E-state index in [2.05, 4.69) is 11.8 Å². The van der Waals surface area contributed by atoms with Crippen LogP contribution in [0.5, 0.6) is 0 Å². The van der Waals surface area contributed by atoms with Gasteiger partial charge in [0.25, 0.3) is 0 Å². The van der Waals surface area contributed by atoms with Gasteiger partial charge in [0.1, 0.15) is 0 Å². The lowest BCUT2D eigenvalue weighted by molar-refractivity contribution is 0.0932. The van der Waals surface area contributed by atoms with E-state index in [1.807, 2.05) is 30.3 Å². The summed E-state index contributed by atoms with van der Waals surface area (Å²) in [5.74, 6) is 0.862. The average molecular weight is 263 g/mol. The first kappa shape index (κ1) is 14.5. The van der Waals surface area contributed by atoms with Gasteiger partial charge in [0.15, 0.2) is 0 Å². The van der Waals surface area contributed by atoms with E-state index in [1.54, 1.807) is 0 Å². The first-order valence-electron chi connectivity index (χ1n) is 7.27. The summed E-state index contributed by atoms with van der Waals surface area (Å²) in [5, 5.41) is 19.3. The van der Waals surface area contributed by atoms with Crippen LogP contribution in [0.3, 0.4) is 0 Å². The van der Waals surface area contributed by atoms with Crippen LogP contribution < -0.4 is 0 Å². The molecule has 1 aliphatic heterocycles. The second-order valence-electron chi connectivity index (χ2n) is 5.76. The van der Waals surface area contributed by atoms with E-state index < -0.39 is 6.10 Å². The summed E-state index contributed by atoms with van der Waals surface area (Å²) in [6, 6.07) is 9.89. The van der Waals surface area contributed by atoms with E-state index in [0.29, 0.717) is 12.5 Å². The van der Waals surface area contributed by atoms with Gasteiger partial charge in [0.05, 0.1) is 6.10 Å². The van der Waals surface area contributed by atoms with E-state index in [4.69, 9.17) is 5.11 Å². The summed E-state index contributed by atoms with van der Waals surface area (Å²) < 4.78 is 0. The number of nitrogens with zero attached hydrogens (tertiary/aromatic N) is 1. The van der Waals surface area contributed by atoms with Gasteiger partial charge in [-0.2, -0.15) is 0 Å². The topological polar surface area (TPSA) is 43.7 Å². The summed E-state index contributed by atoms with van der Waals surface area (Å²) in [5.41, 5.74) is 1.00. The van der Waals surface area contributed by atoms with Gasteiger partial charge in [-0.3, -0.25) is 0 Å². The molecule has 3 heteroatoms. The summed E-state index contributed by atoms with van der Waals surface area (Å²) >= 11 is 0. The molecule has 0 saturated carbocycles. The van der Waals surface area contributed by atoms with Crippen molar-refractivity contribution in [3.05, 3.63) is 35.9 Å². The smallest absolute Gasteiger partial charge is 0.0827 e. The Labute approximate surface area is 115 Å². The van der Waals surface area contributed by atoms with Gasteiger partial charge >= 0.3 is 0 Å². The molecular weight excluding hydrogens is 238 g/mol. The lowest BCUT2D eigenvalue weighted by atomic mass is 9.97. The van der Waals surface area contributed by atoms with Crippen LogP contribution in [0.1, 0.15) is 31.4 Å². The minimum absolute atomic E-state index is 0.232. The van der Waals surface area contributed by atoms with Gasteiger partial charge < -0.3 is 15.1 Å². The standard InChI is InChI=1S/C16H25NO2/c1-13(16(19)15-5-3-2-4-6-15)11-17-9-7-14(12-17)8-10-18/h2-6,13-14,16,18-19H,7-12H2,1H3. The molecule has 1 aromatic carbocycles. The number of aliphatic hydroxyl groups is 2. The Morgan fingerprint density at radius 2 is 2.05 bits per heavy atom. The highest BCUT2D eigenvalue weighted by atomic mass is 16.3. The molecule has 0 amide bonds. The molecule has 1 heterocycles. The van der Waals surface area contributed by atoms with E-state index in [-0.39, 0.29) is 5.92 Å². The third kappa shape index (κ3) is 4.03. The van der Waals surface area contributed by atoms with Crippen molar-refractivity contribution in [2.75, 3.05) is 26.2 Å². The van der Waals surface area contributed by atoms with Crippen molar-refractivity contribution in [1.29, 1.82) is 0 Å². The van der Waals surface area contributed by atoms with Crippen LogP contribution in [-0.2, 0) is 0 Å². The fraction of sp³-hybridized carbons (Fsp3) is 0.625. The molecule has 0 bridgehead atoms. The lowest BCUT2D eigenvalue weighted by Gasteiger charge is -2.25. The molecule has 106 valence electrons. The molecule has 0 radical (unpaired) electrons. The number of likely N-dealkylation sites (tertiary alicyclic amines) is 1. The van der Waals surface area contributed by atoms with Crippen molar-refractivity contribution >= 4 is 0 Å². The molecule has 1 fully saturated rings. The van der Waals surface area contributed by atoms with Crippen LogP contribution in [0.2, 0.25) is 0 Å². The Balaban J connectivity index is 1.83. The molecule has 2 N–H and O–H groups in total. The van der Waals surface area contributed by atoms with E-state index in [1.165, 1.54) is 6.42 Å². The van der Waals surface area contributed by atoms with Crippen LogP contribution in [0.25, 0.3) is 0 Å². The second-order valence-corrected chi connectivity index (χ2v) is 5.76. The van der Waals surface area contributed by atoms with Crippen molar-refractivity contribution in [2.45, 2.75) is 25.9 Å². The molecule has 3 nitrogen and oxygen atoms in total. The zero-order chi connectivity index (χ0) is 13.7. The van der Waals surface area contributed by atoms with Crippen LogP contribution in [-0.4, -0.2) is 41.4 Å². The molecule has 3 unspecified atom stereocenters. The zero-order valence-corrected chi connectivity index (χ0v) is 11.7. The van der Waals surface area contributed by atoms with Crippen LogP contribution in [0.15, 0.2) is 30.3 Å². The predicted molar refractivity (Wildman–Crippen MR) is 76.8 cm³/mol. The minimum Gasteiger partial charge on any atom is -0.396 e. The molecule has 3 atom stereocenters. The molecule has 1 aliphatic rings. The molecule has 19 heavy (non-hydrogen) atoms. The Morgan fingerprint density at radius 1 is 1.32 bits per heavy atom. The third-order valence-electron chi connectivity index (χ3n) is 4.13. The largest absolute Gasteiger partial charge is 0.396 e. The maximum atomic E-state index is 10.4. The fourth-order valence-electron chi connectivity index (χ4n) is 2.98. The Hall–Kier alpha value is -0.900. The van der Waals surface area contributed by atoms with E-state index in [9.17, 15) is 5.11 Å². The van der Waals surface area contributed by atoms with Gasteiger partial charge in [-0.05, 0) is 36.8 Å². The second kappa shape index (κ2) is 7.04. The lowest BCUT2D eigenvalue weighted by Crippen LogP contribution is -2.29. The minimum atomic E-state index is -0.391. The highest BCUT2D eigenvalue weighted by Crippen LogP contribution is 2.25. The quantitative estimate of drug-likeness (QED) is 0.825. The number of hydrogen-bond acceptors (Lipinski definition) is 3. The first-order chi connectivity index (χ1) is 9.20. The van der Waals surface area contributed by atoms with Crippen molar-refractivity contribution in [1.82, 2.24) is 4.90 Å². The SMILES string of the molecule is CC(CN1CCC(CCO)C1)C(O)c1ccccc1. The summed E-state index contributed by atoms with van der Waals surface area (Å²) in [4.78, 5) is 2.41. The number of aliphatic hydroxyl groups excluding tert-OH is 2. The molecule has 0 spiro atoms. The Morgan fingerprint density at radius 3 is 2.74 bits per heavy atom. The third-order valence-corrected chi connectivity index (χ3v) is 4.13. The number of hydrogen-bond donors (Lipinski definition) is 2. The van der Waals surface area contributed by atoms with Crippen molar-refractivity contribution in [3.63, 3.8) is 0 Å². The highest BCUT2D eigenvalue weighted by molar-refractivity contribution is 5.17. The van der Waals surface area contributed by atoms with Gasteiger partial charge in [0, 0.05) is 19.7 Å². The first-order valence-corrected chi connectivity index (χ1v) is 7.27. The average Bonchev–Trinajstić information content (AvgIpc) is 2.86. The van der Waals surface area contributed by atoms with E-state index >= 15 is 0 Å². The van der Waals surface area contributed by atoms with Crippen LogP contribution in [0.4, 0.5) is 0 Å². The predicted octanol–water partition coefficient (Wildman–Crippen LogP) is 2.06. The summed E-state index contributed by atoms with van der Waals surface area (Å²) in [7, 11) is 0. The maximum Gasteiger partial charge on any atom is 0.0827 e. The van der Waals surface area contributed by atoms with Gasteiger partial charge in [-0.25, -0.2) is 0 Å².